The third kappa shape index (κ3) is 3.70. The van der Waals surface area contributed by atoms with Crippen LogP contribution in [0.4, 0.5) is 4.79 Å². The first kappa shape index (κ1) is 15.5. The summed E-state index contributed by atoms with van der Waals surface area (Å²) in [6.07, 6.45) is 0.181. The maximum Gasteiger partial charge on any atom is 0.322 e. The molecule has 0 aromatic heterocycles. The third-order valence-electron chi connectivity index (χ3n) is 3.44. The maximum atomic E-state index is 11.7. The van der Waals surface area contributed by atoms with E-state index in [-0.39, 0.29) is 12.2 Å². The minimum Gasteiger partial charge on any atom is -0.508 e. The van der Waals surface area contributed by atoms with E-state index in [2.05, 4.69) is 15.8 Å². The van der Waals surface area contributed by atoms with Crippen molar-refractivity contribution >= 4 is 17.6 Å². The minimum atomic E-state index is -0.704. The van der Waals surface area contributed by atoms with Crippen LogP contribution in [0.15, 0.2) is 59.8 Å². The highest BCUT2D eigenvalue weighted by atomic mass is 16.6. The lowest BCUT2D eigenvalue weighted by molar-refractivity contribution is -0.120. The maximum absolute atomic E-state index is 11.7. The molecular formula is C17H15N3O4. The molecular weight excluding hydrogens is 310 g/mol. The van der Waals surface area contributed by atoms with E-state index in [0.717, 1.165) is 5.56 Å². The zero-order valence-corrected chi connectivity index (χ0v) is 12.6. The summed E-state index contributed by atoms with van der Waals surface area (Å²) in [5.74, 6) is 0.0238. The number of benzene rings is 2. The van der Waals surface area contributed by atoms with Gasteiger partial charge >= 0.3 is 6.03 Å². The van der Waals surface area contributed by atoms with Crippen LogP contribution in [-0.2, 0) is 4.79 Å². The lowest BCUT2D eigenvalue weighted by atomic mass is 10.0. The third-order valence-corrected chi connectivity index (χ3v) is 3.44. The summed E-state index contributed by atoms with van der Waals surface area (Å²) in [5.41, 5.74) is 1.27. The largest absolute Gasteiger partial charge is 0.508 e. The molecule has 1 aliphatic heterocycles. The molecule has 1 saturated heterocycles. The van der Waals surface area contributed by atoms with Crippen molar-refractivity contribution < 1.29 is 19.5 Å². The van der Waals surface area contributed by atoms with Gasteiger partial charge in [-0.05, 0) is 17.7 Å². The molecule has 7 nitrogen and oxygen atoms in total. The smallest absolute Gasteiger partial charge is 0.322 e. The van der Waals surface area contributed by atoms with Gasteiger partial charge in [-0.15, -0.1) is 0 Å². The first-order valence-corrected chi connectivity index (χ1v) is 7.31. The van der Waals surface area contributed by atoms with E-state index >= 15 is 0 Å². The van der Waals surface area contributed by atoms with E-state index in [4.69, 9.17) is 4.84 Å². The van der Waals surface area contributed by atoms with Gasteiger partial charge in [0.1, 0.15) is 11.8 Å². The molecule has 3 amide bonds. The predicted octanol–water partition coefficient (Wildman–Crippen LogP) is 1.77. The number of urea groups is 1. The van der Waals surface area contributed by atoms with Crippen LogP contribution in [0.3, 0.4) is 0 Å². The summed E-state index contributed by atoms with van der Waals surface area (Å²) in [6.45, 7) is 0. The Bertz CT molecular complexity index is 789. The number of hydrogen-bond acceptors (Lipinski definition) is 5. The Balaban J connectivity index is 1.83. The van der Waals surface area contributed by atoms with E-state index in [1.165, 1.54) is 12.1 Å². The molecule has 24 heavy (non-hydrogen) atoms. The monoisotopic (exact) mass is 325 g/mol. The number of nitrogens with one attached hydrogen (secondary N) is 2. The van der Waals surface area contributed by atoms with E-state index in [9.17, 15) is 14.7 Å². The van der Waals surface area contributed by atoms with Crippen LogP contribution < -0.4 is 15.5 Å². The summed E-state index contributed by atoms with van der Waals surface area (Å²) in [5, 5.41) is 18.3. The van der Waals surface area contributed by atoms with Gasteiger partial charge in [-0.3, -0.25) is 10.1 Å². The van der Waals surface area contributed by atoms with E-state index in [0.29, 0.717) is 11.5 Å². The number of rotatable bonds is 5. The number of carbonyl (C=O) groups excluding carboxylic acids is 2. The van der Waals surface area contributed by atoms with Crippen LogP contribution in [0.5, 0.6) is 11.5 Å². The lowest BCUT2D eigenvalue weighted by Gasteiger charge is -2.10. The summed E-state index contributed by atoms with van der Waals surface area (Å²) in [6, 6.07) is 14.2. The number of amides is 3. The number of nitrogens with zero attached hydrogens (tertiary/aromatic N) is 1. The van der Waals surface area contributed by atoms with E-state index < -0.39 is 18.0 Å². The van der Waals surface area contributed by atoms with Gasteiger partial charge in [0.25, 0.3) is 5.91 Å². The van der Waals surface area contributed by atoms with Crippen LogP contribution in [0.2, 0.25) is 0 Å². The molecule has 1 aliphatic rings. The lowest BCUT2D eigenvalue weighted by Crippen LogP contribution is -2.31. The number of aromatic hydroxyl groups is 1. The molecule has 1 heterocycles. The predicted molar refractivity (Wildman–Crippen MR) is 86.8 cm³/mol. The van der Waals surface area contributed by atoms with Crippen molar-refractivity contribution in [3.05, 3.63) is 60.2 Å². The molecule has 0 aliphatic carbocycles. The molecule has 1 atom stereocenters. The molecule has 1 fully saturated rings. The number of carbonyl (C=O) groups is 2. The van der Waals surface area contributed by atoms with Crippen molar-refractivity contribution in [3.63, 3.8) is 0 Å². The molecule has 0 spiro atoms. The highest BCUT2D eigenvalue weighted by Crippen LogP contribution is 2.19. The Morgan fingerprint density at radius 3 is 2.58 bits per heavy atom. The molecule has 2 aromatic carbocycles. The Labute approximate surface area is 137 Å². The van der Waals surface area contributed by atoms with Crippen LogP contribution in [0, 0.1) is 0 Å². The van der Waals surface area contributed by atoms with Crippen molar-refractivity contribution in [1.82, 2.24) is 10.6 Å². The summed E-state index contributed by atoms with van der Waals surface area (Å²) < 4.78 is 0. The normalized spacial score (nSPS) is 17.3. The van der Waals surface area contributed by atoms with Crippen molar-refractivity contribution in [3.8, 4) is 11.5 Å². The Morgan fingerprint density at radius 2 is 1.92 bits per heavy atom. The molecule has 122 valence electrons. The fraction of sp³-hybridized carbons (Fsp3) is 0.118. The fourth-order valence-electron chi connectivity index (χ4n) is 2.28. The summed E-state index contributed by atoms with van der Waals surface area (Å²) >= 11 is 0. The molecule has 2 aromatic rings. The van der Waals surface area contributed by atoms with Gasteiger partial charge in [0.2, 0.25) is 0 Å². The molecule has 0 saturated carbocycles. The van der Waals surface area contributed by atoms with Crippen molar-refractivity contribution in [1.29, 1.82) is 0 Å². The molecule has 0 radical (unpaired) electrons. The highest BCUT2D eigenvalue weighted by Gasteiger charge is 2.31. The van der Waals surface area contributed by atoms with Gasteiger partial charge in [0.05, 0.1) is 5.71 Å². The molecule has 7 heteroatoms. The number of phenols is 1. The average Bonchev–Trinajstić information content (AvgIpc) is 2.89. The van der Waals surface area contributed by atoms with Crippen LogP contribution in [0.25, 0.3) is 0 Å². The highest BCUT2D eigenvalue weighted by molar-refractivity contribution is 6.09. The van der Waals surface area contributed by atoms with Gasteiger partial charge in [-0.2, -0.15) is 0 Å². The summed E-state index contributed by atoms with van der Waals surface area (Å²) in [7, 11) is 0. The molecule has 0 bridgehead atoms. The fourth-order valence-corrected chi connectivity index (χ4v) is 2.28. The van der Waals surface area contributed by atoms with Crippen LogP contribution in [0.1, 0.15) is 12.0 Å². The van der Waals surface area contributed by atoms with Crippen molar-refractivity contribution in [2.75, 3.05) is 0 Å². The second-order valence-corrected chi connectivity index (χ2v) is 5.21. The van der Waals surface area contributed by atoms with Crippen LogP contribution in [-0.4, -0.2) is 28.8 Å². The SMILES string of the molecule is O=C1NC(=O)C(C/C(=N\Oc2cccc(O)c2)c2ccccc2)N1. The van der Waals surface area contributed by atoms with Gasteiger partial charge in [0.15, 0.2) is 5.75 Å². The van der Waals surface area contributed by atoms with E-state index in [1.54, 1.807) is 12.1 Å². The number of oxime groups is 1. The zero-order valence-electron chi connectivity index (χ0n) is 12.6. The molecule has 3 N–H and O–H groups in total. The number of imide groups is 1. The van der Waals surface area contributed by atoms with Gasteiger partial charge < -0.3 is 15.3 Å². The Hall–Kier alpha value is -3.35. The standard InChI is InChI=1S/C17H15N3O4/c21-12-7-4-8-13(9-12)24-20-14(11-5-2-1-3-6-11)10-15-16(22)19-17(23)18-15/h1-9,15,21H,10H2,(H2,18,19,22,23)/b20-14+. The van der Waals surface area contributed by atoms with Gasteiger partial charge in [-0.25, -0.2) is 4.79 Å². The quantitative estimate of drug-likeness (QED) is 0.443. The van der Waals surface area contributed by atoms with Crippen LogP contribution >= 0.6 is 0 Å². The minimum absolute atomic E-state index is 0.0615. The van der Waals surface area contributed by atoms with Crippen molar-refractivity contribution in [2.24, 2.45) is 5.16 Å². The topological polar surface area (TPSA) is 100 Å². The molecule has 1 unspecified atom stereocenters. The van der Waals surface area contributed by atoms with Gasteiger partial charge in [-0.1, -0.05) is 41.6 Å². The number of phenolic OH excluding ortho intramolecular Hbond substituents is 1. The first-order chi connectivity index (χ1) is 11.6. The summed E-state index contributed by atoms with van der Waals surface area (Å²) in [4.78, 5) is 28.4. The first-order valence-electron chi connectivity index (χ1n) is 7.31. The average molecular weight is 325 g/mol. The zero-order chi connectivity index (χ0) is 16.9. The second-order valence-electron chi connectivity index (χ2n) is 5.21. The van der Waals surface area contributed by atoms with E-state index in [1.807, 2.05) is 30.3 Å². The Morgan fingerprint density at radius 1 is 1.12 bits per heavy atom. The van der Waals surface area contributed by atoms with Crippen molar-refractivity contribution in [2.45, 2.75) is 12.5 Å². The number of hydrogen-bond donors (Lipinski definition) is 3. The Kier molecular flexibility index (Phi) is 4.42. The second kappa shape index (κ2) is 6.82. The van der Waals surface area contributed by atoms with Gasteiger partial charge in [0, 0.05) is 12.5 Å². The molecule has 3 rings (SSSR count).